The van der Waals surface area contributed by atoms with Crippen molar-refractivity contribution in [2.24, 2.45) is 5.41 Å². The van der Waals surface area contributed by atoms with Crippen molar-refractivity contribution in [3.8, 4) is 5.75 Å². The topological polar surface area (TPSA) is 99.1 Å². The van der Waals surface area contributed by atoms with Crippen LogP contribution in [0.3, 0.4) is 0 Å². The van der Waals surface area contributed by atoms with Gasteiger partial charge in [-0.1, -0.05) is 26.0 Å². The molecule has 0 saturated heterocycles. The Morgan fingerprint density at radius 3 is 2.38 bits per heavy atom. The lowest BCUT2D eigenvalue weighted by atomic mass is 9.87. The van der Waals surface area contributed by atoms with Gasteiger partial charge in [0.2, 0.25) is 0 Å². The Kier molecular flexibility index (Phi) is 8.82. The van der Waals surface area contributed by atoms with Crippen molar-refractivity contribution in [3.05, 3.63) is 29.8 Å². The van der Waals surface area contributed by atoms with Crippen molar-refractivity contribution in [2.45, 2.75) is 33.0 Å². The number of ether oxygens (including phenoxy) is 2. The van der Waals surface area contributed by atoms with Crippen LogP contribution in [0, 0.1) is 5.41 Å². The molecule has 0 unspecified atom stereocenters. The summed E-state index contributed by atoms with van der Waals surface area (Å²) in [5.74, 6) is -0.518. The van der Waals surface area contributed by atoms with E-state index in [-0.39, 0.29) is 31.3 Å². The molecule has 0 saturated carbocycles. The van der Waals surface area contributed by atoms with E-state index in [1.165, 1.54) is 0 Å². The number of hydrogen-bond donors (Lipinski definition) is 1. The highest BCUT2D eigenvalue weighted by Gasteiger charge is 2.38. The number of carbonyl (C=O) groups is 1. The molecule has 0 fully saturated rings. The van der Waals surface area contributed by atoms with Gasteiger partial charge in [-0.2, -0.15) is 8.42 Å². The largest absolute Gasteiger partial charge is 0.497 e. The van der Waals surface area contributed by atoms with Gasteiger partial charge in [-0.15, -0.1) is 11.6 Å². The lowest BCUT2D eigenvalue weighted by Crippen LogP contribution is -2.42. The Balaban J connectivity index is 2.72. The second-order valence-electron chi connectivity index (χ2n) is 6.43. The minimum atomic E-state index is -3.76. The zero-order valence-electron chi connectivity index (χ0n) is 15.1. The second kappa shape index (κ2) is 10.1. The number of aliphatic carboxylic acids is 1. The van der Waals surface area contributed by atoms with Crippen molar-refractivity contribution in [2.75, 3.05) is 25.3 Å². The van der Waals surface area contributed by atoms with Crippen LogP contribution in [0.4, 0.5) is 0 Å². The Hall–Kier alpha value is -1.35. The number of halogens is 1. The molecule has 0 heterocycles. The molecular weight excluding hydrogens is 384 g/mol. The molecule has 1 atom stereocenters. The smallest absolute Gasteiger partial charge is 0.333 e. The molecule has 1 aromatic rings. The van der Waals surface area contributed by atoms with Gasteiger partial charge in [-0.25, -0.2) is 4.79 Å². The van der Waals surface area contributed by atoms with Crippen LogP contribution in [0.1, 0.15) is 25.8 Å². The predicted octanol–water partition coefficient (Wildman–Crippen LogP) is 2.67. The number of hydrogen-bond acceptors (Lipinski definition) is 6. The molecule has 148 valence electrons. The highest BCUT2D eigenvalue weighted by molar-refractivity contribution is 7.86. The van der Waals surface area contributed by atoms with E-state index in [9.17, 15) is 18.3 Å². The first-order valence-corrected chi connectivity index (χ1v) is 10.1. The average molecular weight is 409 g/mol. The van der Waals surface area contributed by atoms with E-state index in [0.29, 0.717) is 5.75 Å². The number of alkyl halides is 1. The lowest BCUT2D eigenvalue weighted by Gasteiger charge is -2.30. The first-order valence-electron chi connectivity index (χ1n) is 8.01. The van der Waals surface area contributed by atoms with Gasteiger partial charge in [0.15, 0.2) is 6.10 Å². The van der Waals surface area contributed by atoms with Crippen molar-refractivity contribution >= 4 is 27.7 Å². The molecule has 0 amide bonds. The summed E-state index contributed by atoms with van der Waals surface area (Å²) < 4.78 is 39.1. The maximum Gasteiger partial charge on any atom is 0.333 e. The summed E-state index contributed by atoms with van der Waals surface area (Å²) in [6, 6.07) is 7.01. The maximum absolute atomic E-state index is 11.8. The minimum Gasteiger partial charge on any atom is -0.497 e. The van der Waals surface area contributed by atoms with Crippen LogP contribution in [0.5, 0.6) is 5.75 Å². The molecule has 0 aliphatic carbocycles. The van der Waals surface area contributed by atoms with E-state index >= 15 is 0 Å². The van der Waals surface area contributed by atoms with E-state index in [0.717, 1.165) is 5.56 Å². The van der Waals surface area contributed by atoms with Crippen LogP contribution in [0.2, 0.25) is 0 Å². The lowest BCUT2D eigenvalue weighted by molar-refractivity contribution is -0.162. The van der Waals surface area contributed by atoms with Gasteiger partial charge in [0.1, 0.15) is 5.75 Å². The number of benzene rings is 1. The standard InChI is InChI=1S/C17H25ClO7S/c1-17(2,12-25-26(21,22)10-4-9-18)15(16(19)20)24-11-13-5-7-14(23-3)8-6-13/h5-8,15H,4,9-12H2,1-3H3,(H,19,20)/t15-/m0/s1. The SMILES string of the molecule is COc1ccc(CO[C@@H](C(=O)O)C(C)(C)COS(=O)(=O)CCCCl)cc1. The first kappa shape index (κ1) is 22.7. The van der Waals surface area contributed by atoms with Gasteiger partial charge in [-0.3, -0.25) is 4.18 Å². The monoisotopic (exact) mass is 408 g/mol. The molecule has 0 aromatic heterocycles. The molecule has 0 spiro atoms. The van der Waals surface area contributed by atoms with Gasteiger partial charge in [-0.05, 0) is 24.1 Å². The summed E-state index contributed by atoms with van der Waals surface area (Å²) in [4.78, 5) is 11.6. The fourth-order valence-electron chi connectivity index (χ4n) is 2.14. The quantitative estimate of drug-likeness (QED) is 0.419. The Morgan fingerprint density at radius 1 is 1.27 bits per heavy atom. The molecule has 1 rings (SSSR count). The molecule has 0 radical (unpaired) electrons. The van der Waals surface area contributed by atoms with E-state index in [1.54, 1.807) is 45.2 Å². The van der Waals surface area contributed by atoms with Gasteiger partial charge < -0.3 is 14.6 Å². The second-order valence-corrected chi connectivity index (χ2v) is 8.57. The molecule has 9 heteroatoms. The summed E-state index contributed by atoms with van der Waals surface area (Å²) in [7, 11) is -2.21. The normalized spacial score (nSPS) is 13.4. The number of carboxylic acid groups (broad SMARTS) is 1. The van der Waals surface area contributed by atoms with Gasteiger partial charge in [0.05, 0.1) is 26.1 Å². The fourth-order valence-corrected chi connectivity index (χ4v) is 3.53. The molecule has 0 aliphatic rings. The van der Waals surface area contributed by atoms with E-state index in [4.69, 9.17) is 25.3 Å². The molecule has 1 aromatic carbocycles. The van der Waals surface area contributed by atoms with E-state index < -0.39 is 27.6 Å². The van der Waals surface area contributed by atoms with Crippen molar-refractivity contribution in [1.82, 2.24) is 0 Å². The van der Waals surface area contributed by atoms with Crippen LogP contribution in [-0.2, 0) is 30.4 Å². The summed E-state index contributed by atoms with van der Waals surface area (Å²) in [5.41, 5.74) is -0.296. The number of carboxylic acids is 1. The zero-order valence-corrected chi connectivity index (χ0v) is 16.7. The van der Waals surface area contributed by atoms with Gasteiger partial charge >= 0.3 is 5.97 Å². The van der Waals surface area contributed by atoms with E-state index in [2.05, 4.69) is 0 Å². The van der Waals surface area contributed by atoms with Crippen molar-refractivity contribution < 1.29 is 32.0 Å². The highest BCUT2D eigenvalue weighted by Crippen LogP contribution is 2.26. The minimum absolute atomic E-state index is 0.0589. The summed E-state index contributed by atoms with van der Waals surface area (Å²) in [6.07, 6.45) is -0.978. The Morgan fingerprint density at radius 2 is 1.88 bits per heavy atom. The Bertz CT molecular complexity index is 671. The highest BCUT2D eigenvalue weighted by atomic mass is 35.5. The average Bonchev–Trinajstić information content (AvgIpc) is 2.59. The molecule has 7 nitrogen and oxygen atoms in total. The molecule has 26 heavy (non-hydrogen) atoms. The number of rotatable bonds is 12. The fraction of sp³-hybridized carbons (Fsp3) is 0.588. The first-order chi connectivity index (χ1) is 12.1. The Labute approximate surface area is 159 Å². The molecule has 0 bridgehead atoms. The van der Waals surface area contributed by atoms with Crippen LogP contribution in [-0.4, -0.2) is 50.9 Å². The van der Waals surface area contributed by atoms with Gasteiger partial charge in [0.25, 0.3) is 10.1 Å². The third-order valence-electron chi connectivity index (χ3n) is 3.65. The molecular formula is C17H25ClO7S. The third-order valence-corrected chi connectivity index (χ3v) is 5.18. The van der Waals surface area contributed by atoms with Crippen LogP contribution in [0.15, 0.2) is 24.3 Å². The van der Waals surface area contributed by atoms with Crippen LogP contribution >= 0.6 is 11.6 Å². The molecule has 0 aliphatic heterocycles. The molecule has 1 N–H and O–H groups in total. The van der Waals surface area contributed by atoms with Crippen LogP contribution in [0.25, 0.3) is 0 Å². The van der Waals surface area contributed by atoms with Crippen molar-refractivity contribution in [3.63, 3.8) is 0 Å². The third kappa shape index (κ3) is 7.49. The summed E-state index contributed by atoms with van der Waals surface area (Å²) >= 11 is 5.48. The van der Waals surface area contributed by atoms with Gasteiger partial charge in [0, 0.05) is 11.3 Å². The summed E-state index contributed by atoms with van der Waals surface area (Å²) in [5, 5.41) is 9.47. The van der Waals surface area contributed by atoms with E-state index in [1.807, 2.05) is 0 Å². The zero-order chi connectivity index (χ0) is 19.8. The van der Waals surface area contributed by atoms with Crippen LogP contribution < -0.4 is 4.74 Å². The summed E-state index contributed by atoms with van der Waals surface area (Å²) in [6.45, 7) is 2.91. The number of methoxy groups -OCH3 is 1. The van der Waals surface area contributed by atoms with Crippen molar-refractivity contribution in [1.29, 1.82) is 0 Å². The predicted molar refractivity (Wildman–Crippen MR) is 98.1 cm³/mol. The maximum atomic E-state index is 11.8.